The zero-order valence-corrected chi connectivity index (χ0v) is 17.3. The fraction of sp³-hybridized carbons (Fsp3) is 0.429. The lowest BCUT2D eigenvalue weighted by atomic mass is 10.1. The summed E-state index contributed by atoms with van der Waals surface area (Å²) in [4.78, 5) is 21.8. The monoisotopic (exact) mass is 394 g/mol. The van der Waals surface area contributed by atoms with Crippen LogP contribution >= 0.6 is 0 Å². The van der Waals surface area contributed by atoms with E-state index in [2.05, 4.69) is 40.0 Å². The minimum absolute atomic E-state index is 0.0635. The highest BCUT2D eigenvalue weighted by Crippen LogP contribution is 2.23. The van der Waals surface area contributed by atoms with Crippen molar-refractivity contribution in [3.8, 4) is 5.75 Å². The highest BCUT2D eigenvalue weighted by molar-refractivity contribution is 5.96. The highest BCUT2D eigenvalue weighted by Gasteiger charge is 2.25. The third kappa shape index (κ3) is 3.62. The number of aryl methyl sites for hydroxylation is 1. The van der Waals surface area contributed by atoms with Crippen LogP contribution in [0.2, 0.25) is 0 Å². The van der Waals surface area contributed by atoms with Crippen molar-refractivity contribution in [3.05, 3.63) is 47.4 Å². The quantitative estimate of drug-likeness (QED) is 0.677. The Balaban J connectivity index is 1.50. The number of piperazine rings is 1. The number of nitrogens with zero attached hydrogens (tertiary/aromatic N) is 6. The standard InChI is InChI=1S/C21H26N6O2/c1-14(2)18-12-19(23-21-24-22-13-27(18)21)25-7-9-26(10-8-25)20(28)17-6-5-16(29-4)11-15(17)3/h5-6,11-14H,7-10H2,1-4H3. The van der Waals surface area contributed by atoms with E-state index in [-0.39, 0.29) is 5.91 Å². The highest BCUT2D eigenvalue weighted by atomic mass is 16.5. The van der Waals surface area contributed by atoms with Crippen LogP contribution < -0.4 is 9.64 Å². The molecule has 1 aromatic carbocycles. The van der Waals surface area contributed by atoms with Gasteiger partial charge in [-0.25, -0.2) is 0 Å². The van der Waals surface area contributed by atoms with Gasteiger partial charge < -0.3 is 14.5 Å². The van der Waals surface area contributed by atoms with Crippen molar-refractivity contribution in [1.29, 1.82) is 0 Å². The van der Waals surface area contributed by atoms with Crippen LogP contribution in [0.15, 0.2) is 30.6 Å². The normalized spacial score (nSPS) is 14.7. The van der Waals surface area contributed by atoms with E-state index in [1.54, 1.807) is 13.4 Å². The second kappa shape index (κ2) is 7.69. The van der Waals surface area contributed by atoms with E-state index in [9.17, 15) is 4.79 Å². The molecule has 8 heteroatoms. The van der Waals surface area contributed by atoms with Crippen LogP contribution in [0.3, 0.4) is 0 Å². The Kier molecular flexibility index (Phi) is 5.08. The number of hydrogen-bond donors (Lipinski definition) is 0. The summed E-state index contributed by atoms with van der Waals surface area (Å²) in [5, 5.41) is 8.11. The summed E-state index contributed by atoms with van der Waals surface area (Å²) in [7, 11) is 1.63. The molecule has 1 aliphatic heterocycles. The zero-order chi connectivity index (χ0) is 20.5. The van der Waals surface area contributed by atoms with Crippen molar-refractivity contribution in [1.82, 2.24) is 24.5 Å². The van der Waals surface area contributed by atoms with Crippen LogP contribution in [0, 0.1) is 6.92 Å². The van der Waals surface area contributed by atoms with Gasteiger partial charge in [0, 0.05) is 43.5 Å². The van der Waals surface area contributed by atoms with Crippen molar-refractivity contribution in [2.24, 2.45) is 0 Å². The van der Waals surface area contributed by atoms with Gasteiger partial charge in [0.15, 0.2) is 0 Å². The van der Waals surface area contributed by atoms with Crippen molar-refractivity contribution >= 4 is 17.5 Å². The summed E-state index contributed by atoms with van der Waals surface area (Å²) in [6.07, 6.45) is 1.70. The first-order valence-corrected chi connectivity index (χ1v) is 9.87. The summed E-state index contributed by atoms with van der Waals surface area (Å²) < 4.78 is 7.17. The number of aromatic nitrogens is 4. The van der Waals surface area contributed by atoms with E-state index in [0.29, 0.717) is 24.8 Å². The van der Waals surface area contributed by atoms with Gasteiger partial charge in [-0.3, -0.25) is 9.20 Å². The molecule has 4 rings (SSSR count). The molecule has 0 atom stereocenters. The van der Waals surface area contributed by atoms with Crippen molar-refractivity contribution < 1.29 is 9.53 Å². The Labute approximate surface area is 170 Å². The molecule has 3 aromatic rings. The lowest BCUT2D eigenvalue weighted by molar-refractivity contribution is 0.0745. The van der Waals surface area contributed by atoms with E-state index < -0.39 is 0 Å². The first kappa shape index (κ1) is 19.2. The molecule has 2 aromatic heterocycles. The van der Waals surface area contributed by atoms with E-state index in [1.165, 1.54) is 0 Å². The van der Waals surface area contributed by atoms with E-state index >= 15 is 0 Å². The number of ether oxygens (including phenoxy) is 1. The number of hydrogen-bond acceptors (Lipinski definition) is 6. The largest absolute Gasteiger partial charge is 0.497 e. The smallest absolute Gasteiger partial charge is 0.256 e. The summed E-state index contributed by atoms with van der Waals surface area (Å²) in [5.41, 5.74) is 2.78. The third-order valence-electron chi connectivity index (χ3n) is 5.45. The van der Waals surface area contributed by atoms with Gasteiger partial charge in [0.2, 0.25) is 0 Å². The number of rotatable bonds is 4. The molecule has 0 bridgehead atoms. The van der Waals surface area contributed by atoms with Gasteiger partial charge in [0.1, 0.15) is 17.9 Å². The van der Waals surface area contributed by atoms with Crippen LogP contribution in [0.5, 0.6) is 5.75 Å². The van der Waals surface area contributed by atoms with Gasteiger partial charge in [0.25, 0.3) is 11.7 Å². The maximum absolute atomic E-state index is 13.0. The van der Waals surface area contributed by atoms with Gasteiger partial charge in [-0.15, -0.1) is 10.2 Å². The first-order chi connectivity index (χ1) is 14.0. The summed E-state index contributed by atoms with van der Waals surface area (Å²) in [6, 6.07) is 7.68. The van der Waals surface area contributed by atoms with E-state index in [1.807, 2.05) is 34.4 Å². The molecule has 152 valence electrons. The minimum Gasteiger partial charge on any atom is -0.497 e. The molecule has 8 nitrogen and oxygen atoms in total. The molecule has 29 heavy (non-hydrogen) atoms. The van der Waals surface area contributed by atoms with Crippen molar-refractivity contribution in [2.75, 3.05) is 38.2 Å². The van der Waals surface area contributed by atoms with E-state index in [0.717, 1.165) is 41.5 Å². The molecule has 1 aliphatic rings. The number of carbonyl (C=O) groups is 1. The van der Waals surface area contributed by atoms with Crippen LogP contribution in [-0.4, -0.2) is 63.7 Å². The molecule has 0 unspecified atom stereocenters. The molecule has 0 aliphatic carbocycles. The Morgan fingerprint density at radius 1 is 1.14 bits per heavy atom. The number of fused-ring (bicyclic) bond motifs is 1. The Hall–Kier alpha value is -3.16. The maximum atomic E-state index is 13.0. The topological polar surface area (TPSA) is 75.9 Å². The Bertz CT molecular complexity index is 1040. The average molecular weight is 394 g/mol. The lowest BCUT2D eigenvalue weighted by Crippen LogP contribution is -2.49. The average Bonchev–Trinajstić information content (AvgIpc) is 3.21. The molecule has 1 fully saturated rings. The lowest BCUT2D eigenvalue weighted by Gasteiger charge is -2.36. The second-order valence-electron chi connectivity index (χ2n) is 7.65. The minimum atomic E-state index is 0.0635. The van der Waals surface area contributed by atoms with E-state index in [4.69, 9.17) is 4.74 Å². The number of amides is 1. The number of anilines is 1. The maximum Gasteiger partial charge on any atom is 0.256 e. The molecule has 0 radical (unpaired) electrons. The van der Waals surface area contributed by atoms with Crippen LogP contribution in [0.25, 0.3) is 5.78 Å². The molecule has 0 N–H and O–H groups in total. The fourth-order valence-electron chi connectivity index (χ4n) is 3.74. The fourth-order valence-corrected chi connectivity index (χ4v) is 3.74. The zero-order valence-electron chi connectivity index (χ0n) is 17.3. The van der Waals surface area contributed by atoms with Gasteiger partial charge in [-0.2, -0.15) is 4.98 Å². The van der Waals surface area contributed by atoms with Crippen molar-refractivity contribution in [2.45, 2.75) is 26.7 Å². The van der Waals surface area contributed by atoms with Gasteiger partial charge in [-0.1, -0.05) is 13.8 Å². The van der Waals surface area contributed by atoms with Gasteiger partial charge >= 0.3 is 0 Å². The molecule has 3 heterocycles. The number of methoxy groups -OCH3 is 1. The molecular formula is C21H26N6O2. The van der Waals surface area contributed by atoms with Crippen LogP contribution in [0.1, 0.15) is 41.4 Å². The number of benzene rings is 1. The predicted molar refractivity (Wildman–Crippen MR) is 111 cm³/mol. The van der Waals surface area contributed by atoms with Crippen molar-refractivity contribution in [3.63, 3.8) is 0 Å². The molecule has 0 spiro atoms. The summed E-state index contributed by atoms with van der Waals surface area (Å²) >= 11 is 0. The SMILES string of the molecule is COc1ccc(C(=O)N2CCN(c3cc(C(C)C)n4cnnc4n3)CC2)c(C)c1. The molecule has 0 saturated carbocycles. The van der Waals surface area contributed by atoms with Gasteiger partial charge in [-0.05, 0) is 36.6 Å². The first-order valence-electron chi connectivity index (χ1n) is 9.87. The Morgan fingerprint density at radius 3 is 2.55 bits per heavy atom. The Morgan fingerprint density at radius 2 is 1.90 bits per heavy atom. The van der Waals surface area contributed by atoms with Crippen LogP contribution in [-0.2, 0) is 0 Å². The van der Waals surface area contributed by atoms with Crippen LogP contribution in [0.4, 0.5) is 5.82 Å². The summed E-state index contributed by atoms with van der Waals surface area (Å²) in [5.74, 6) is 2.66. The second-order valence-corrected chi connectivity index (χ2v) is 7.65. The molecular weight excluding hydrogens is 368 g/mol. The predicted octanol–water partition coefficient (Wildman–Crippen LogP) is 2.53. The third-order valence-corrected chi connectivity index (χ3v) is 5.45. The summed E-state index contributed by atoms with van der Waals surface area (Å²) in [6.45, 7) is 9.00. The number of carbonyl (C=O) groups excluding carboxylic acids is 1. The van der Waals surface area contributed by atoms with Gasteiger partial charge in [0.05, 0.1) is 7.11 Å². The molecule has 1 amide bonds. The molecule has 1 saturated heterocycles.